The van der Waals surface area contributed by atoms with Crippen LogP contribution < -0.4 is 15.5 Å². The van der Waals surface area contributed by atoms with Crippen LogP contribution in [0, 0.1) is 0 Å². The largest absolute Gasteiger partial charge is 0.491 e. The number of hydrogen-bond acceptors (Lipinski definition) is 5. The summed E-state index contributed by atoms with van der Waals surface area (Å²) in [5, 5.41) is 12.5. The Morgan fingerprint density at radius 1 is 1.24 bits per heavy atom. The van der Waals surface area contributed by atoms with Crippen LogP contribution in [0.4, 0.5) is 0 Å². The molecule has 0 saturated carbocycles. The van der Waals surface area contributed by atoms with Crippen molar-refractivity contribution in [2.45, 2.75) is 6.61 Å². The molecule has 1 aliphatic rings. The van der Waals surface area contributed by atoms with Crippen LogP contribution in [0.2, 0.25) is 0 Å². The molecule has 6 nitrogen and oxygen atoms in total. The predicted octanol–water partition coefficient (Wildman–Crippen LogP) is 0.988. The highest BCUT2D eigenvalue weighted by atomic mass is 16.5. The van der Waals surface area contributed by atoms with Crippen molar-refractivity contribution < 1.29 is 19.2 Å². The van der Waals surface area contributed by atoms with E-state index in [4.69, 9.17) is 9.39 Å². The van der Waals surface area contributed by atoms with E-state index < -0.39 is 7.12 Å². The van der Waals surface area contributed by atoms with Gasteiger partial charge in [0, 0.05) is 18.7 Å². The molecule has 0 fully saturated rings. The van der Waals surface area contributed by atoms with Crippen molar-refractivity contribution in [3.05, 3.63) is 53.6 Å². The first kappa shape index (κ1) is 17.5. The molecule has 0 aromatic heterocycles. The highest BCUT2D eigenvalue weighted by Gasteiger charge is 2.27. The number of benzene rings is 2. The molecule has 2 N–H and O–H groups in total. The van der Waals surface area contributed by atoms with Crippen molar-refractivity contribution in [3.63, 3.8) is 0 Å². The number of amides is 1. The highest BCUT2D eigenvalue weighted by Crippen LogP contribution is 2.24. The van der Waals surface area contributed by atoms with Crippen LogP contribution >= 0.6 is 0 Å². The molecule has 0 aliphatic carbocycles. The maximum atomic E-state index is 12.0. The minimum atomic E-state index is -0.852. The summed E-state index contributed by atoms with van der Waals surface area (Å²) < 4.78 is 11.0. The second-order valence-electron chi connectivity index (χ2n) is 6.21. The summed E-state index contributed by atoms with van der Waals surface area (Å²) >= 11 is 0. The number of nitrogens with zero attached hydrogens (tertiary/aromatic N) is 1. The molecule has 130 valence electrons. The van der Waals surface area contributed by atoms with Gasteiger partial charge in [0.05, 0.1) is 6.61 Å². The third kappa shape index (κ3) is 4.39. The predicted molar refractivity (Wildman–Crippen MR) is 96.2 cm³/mol. The lowest BCUT2D eigenvalue weighted by atomic mass is 9.80. The van der Waals surface area contributed by atoms with Gasteiger partial charge in [0.25, 0.3) is 5.91 Å². The second-order valence-corrected chi connectivity index (χ2v) is 6.21. The van der Waals surface area contributed by atoms with E-state index >= 15 is 0 Å². The van der Waals surface area contributed by atoms with Gasteiger partial charge in [-0.25, -0.2) is 0 Å². The van der Waals surface area contributed by atoms with E-state index in [2.05, 4.69) is 5.32 Å². The zero-order valence-corrected chi connectivity index (χ0v) is 14.4. The molecule has 0 spiro atoms. The molecular formula is C18H21BN2O4. The van der Waals surface area contributed by atoms with Gasteiger partial charge >= 0.3 is 7.12 Å². The lowest BCUT2D eigenvalue weighted by Gasteiger charge is -2.11. The fraction of sp³-hybridized carbons (Fsp3) is 0.278. The zero-order valence-electron chi connectivity index (χ0n) is 14.4. The van der Waals surface area contributed by atoms with Crippen LogP contribution in [-0.2, 0) is 11.3 Å². The summed E-state index contributed by atoms with van der Waals surface area (Å²) in [7, 11) is 3.07. The van der Waals surface area contributed by atoms with Crippen molar-refractivity contribution in [2.75, 3.05) is 27.2 Å². The molecule has 0 saturated heterocycles. The summed E-state index contributed by atoms with van der Waals surface area (Å²) in [6.45, 7) is 1.77. The topological polar surface area (TPSA) is 71.0 Å². The van der Waals surface area contributed by atoms with Crippen LogP contribution in [0.25, 0.3) is 0 Å². The van der Waals surface area contributed by atoms with Crippen molar-refractivity contribution in [1.29, 1.82) is 0 Å². The first-order valence-electron chi connectivity index (χ1n) is 8.16. The van der Waals surface area contributed by atoms with E-state index in [1.54, 1.807) is 36.4 Å². The van der Waals surface area contributed by atoms with Gasteiger partial charge in [-0.15, -0.1) is 0 Å². The Kier molecular flexibility index (Phi) is 5.38. The quantitative estimate of drug-likeness (QED) is 0.768. The third-order valence-corrected chi connectivity index (χ3v) is 3.97. The molecule has 0 radical (unpaired) electrons. The SMILES string of the molecule is CN(C)CCNC(=O)c1ccc(Oc2ccc3c(c2)COB3O)cc1. The van der Waals surface area contributed by atoms with Crippen LogP contribution in [0.5, 0.6) is 11.5 Å². The molecule has 1 aliphatic heterocycles. The number of carbonyl (C=O) groups is 1. The van der Waals surface area contributed by atoms with E-state index in [0.29, 0.717) is 30.2 Å². The number of fused-ring (bicyclic) bond motifs is 1. The number of carbonyl (C=O) groups excluding carboxylic acids is 1. The Bertz CT molecular complexity index is 749. The summed E-state index contributed by atoms with van der Waals surface area (Å²) in [6.07, 6.45) is 0. The zero-order chi connectivity index (χ0) is 17.8. The highest BCUT2D eigenvalue weighted by molar-refractivity contribution is 6.61. The molecule has 2 aromatic rings. The molecule has 1 amide bonds. The maximum absolute atomic E-state index is 12.0. The van der Waals surface area contributed by atoms with Gasteiger partial charge in [0.1, 0.15) is 11.5 Å². The minimum Gasteiger partial charge on any atom is -0.457 e. The van der Waals surface area contributed by atoms with E-state index in [9.17, 15) is 9.82 Å². The average molecular weight is 340 g/mol. The molecule has 3 rings (SSSR count). The standard InChI is InChI=1S/C18H21BN2O4/c1-21(2)10-9-20-18(22)13-3-5-15(6-4-13)25-16-7-8-17-14(11-16)12-24-19(17)23/h3-8,11,23H,9-10,12H2,1-2H3,(H,20,22). The van der Waals surface area contributed by atoms with Crippen LogP contribution in [0.3, 0.4) is 0 Å². The maximum Gasteiger partial charge on any atom is 0.491 e. The fourth-order valence-electron chi connectivity index (χ4n) is 2.58. The summed E-state index contributed by atoms with van der Waals surface area (Å²) in [5.74, 6) is 1.21. The van der Waals surface area contributed by atoms with Crippen LogP contribution in [0.1, 0.15) is 15.9 Å². The second kappa shape index (κ2) is 7.69. The normalized spacial score (nSPS) is 13.0. The van der Waals surface area contributed by atoms with Crippen molar-refractivity contribution in [1.82, 2.24) is 10.2 Å². The Balaban J connectivity index is 1.60. The molecular weight excluding hydrogens is 319 g/mol. The van der Waals surface area contributed by atoms with Gasteiger partial charge in [0.15, 0.2) is 0 Å². The molecule has 2 aromatic carbocycles. The van der Waals surface area contributed by atoms with Crippen LogP contribution in [0.15, 0.2) is 42.5 Å². The summed E-state index contributed by atoms with van der Waals surface area (Å²) in [4.78, 5) is 14.1. The Hall–Kier alpha value is -2.35. The molecule has 7 heteroatoms. The van der Waals surface area contributed by atoms with Gasteiger partial charge in [-0.3, -0.25) is 4.79 Å². The first-order chi connectivity index (χ1) is 12.0. The number of ether oxygens (including phenoxy) is 1. The van der Waals surface area contributed by atoms with Gasteiger partial charge in [-0.1, -0.05) is 6.07 Å². The van der Waals surface area contributed by atoms with Crippen molar-refractivity contribution >= 4 is 18.5 Å². The van der Waals surface area contributed by atoms with Gasteiger partial charge in [-0.05, 0) is 61.5 Å². The van der Waals surface area contributed by atoms with Gasteiger partial charge in [-0.2, -0.15) is 0 Å². The molecule has 25 heavy (non-hydrogen) atoms. The number of likely N-dealkylation sites (N-methyl/N-ethyl adjacent to an activating group) is 1. The van der Waals surface area contributed by atoms with Gasteiger partial charge in [0.2, 0.25) is 0 Å². The van der Waals surface area contributed by atoms with E-state index in [1.165, 1.54) is 0 Å². The Morgan fingerprint density at radius 2 is 1.96 bits per heavy atom. The lowest BCUT2D eigenvalue weighted by Crippen LogP contribution is -2.31. The minimum absolute atomic E-state index is 0.0999. The van der Waals surface area contributed by atoms with E-state index in [-0.39, 0.29) is 5.91 Å². The summed E-state index contributed by atoms with van der Waals surface area (Å²) in [6, 6.07) is 12.4. The van der Waals surface area contributed by atoms with Gasteiger partial charge < -0.3 is 24.6 Å². The summed E-state index contributed by atoms with van der Waals surface area (Å²) in [5.41, 5.74) is 2.29. The van der Waals surface area contributed by atoms with Crippen molar-refractivity contribution in [3.8, 4) is 11.5 Å². The first-order valence-corrected chi connectivity index (χ1v) is 8.16. The third-order valence-electron chi connectivity index (χ3n) is 3.97. The average Bonchev–Trinajstić information content (AvgIpc) is 2.96. The smallest absolute Gasteiger partial charge is 0.457 e. The monoisotopic (exact) mass is 340 g/mol. The molecule has 0 unspecified atom stereocenters. The number of rotatable bonds is 6. The Morgan fingerprint density at radius 3 is 2.68 bits per heavy atom. The molecule has 0 atom stereocenters. The molecule has 0 bridgehead atoms. The number of nitrogens with one attached hydrogen (secondary N) is 1. The van der Waals surface area contributed by atoms with E-state index in [1.807, 2.05) is 25.1 Å². The fourth-order valence-corrected chi connectivity index (χ4v) is 2.58. The number of hydrogen-bond donors (Lipinski definition) is 2. The van der Waals surface area contributed by atoms with Crippen molar-refractivity contribution in [2.24, 2.45) is 0 Å². The lowest BCUT2D eigenvalue weighted by molar-refractivity contribution is 0.0951. The van der Waals surface area contributed by atoms with E-state index in [0.717, 1.165) is 17.6 Å². The molecule has 1 heterocycles. The van der Waals surface area contributed by atoms with Crippen LogP contribution in [-0.4, -0.2) is 50.1 Å². The Labute approximate surface area is 147 Å².